The van der Waals surface area contributed by atoms with Gasteiger partial charge in [0.25, 0.3) is 0 Å². The summed E-state index contributed by atoms with van der Waals surface area (Å²) >= 11 is 0. The highest BCUT2D eigenvalue weighted by molar-refractivity contribution is 5.66. The molecule has 1 fully saturated rings. The van der Waals surface area contributed by atoms with Gasteiger partial charge in [0.2, 0.25) is 0 Å². The van der Waals surface area contributed by atoms with Crippen molar-refractivity contribution in [3.05, 3.63) is 0 Å². The number of carboxylic acid groups (broad SMARTS) is 1. The van der Waals surface area contributed by atoms with Gasteiger partial charge in [0.1, 0.15) is 0 Å². The van der Waals surface area contributed by atoms with Gasteiger partial charge in [-0.25, -0.2) is 0 Å². The first kappa shape index (κ1) is 10.5. The summed E-state index contributed by atoms with van der Waals surface area (Å²) in [5, 5.41) is 11.8. The summed E-state index contributed by atoms with van der Waals surface area (Å²) in [5.74, 6) is -0.692. The van der Waals surface area contributed by atoms with E-state index in [1.54, 1.807) is 0 Å². The molecule has 0 saturated carbocycles. The van der Waals surface area contributed by atoms with E-state index in [2.05, 4.69) is 17.1 Å². The lowest BCUT2D eigenvalue weighted by Crippen LogP contribution is -2.49. The second kappa shape index (κ2) is 5.19. The van der Waals surface area contributed by atoms with Crippen LogP contribution in [0.4, 0.5) is 0 Å². The van der Waals surface area contributed by atoms with Crippen molar-refractivity contribution in [2.45, 2.75) is 25.8 Å². The summed E-state index contributed by atoms with van der Waals surface area (Å²) in [6, 6.07) is 0.544. The van der Waals surface area contributed by atoms with Crippen molar-refractivity contribution in [2.24, 2.45) is 0 Å². The zero-order valence-electron chi connectivity index (χ0n) is 8.12. The Bertz CT molecular complexity index is 173. The molecular formula is C9H18N2O2. The smallest absolute Gasteiger partial charge is 0.303 e. The van der Waals surface area contributed by atoms with Crippen molar-refractivity contribution in [1.29, 1.82) is 0 Å². The fourth-order valence-corrected chi connectivity index (χ4v) is 1.65. The Morgan fingerprint density at radius 2 is 2.46 bits per heavy atom. The maximum atomic E-state index is 10.3. The quantitative estimate of drug-likeness (QED) is 0.656. The van der Waals surface area contributed by atoms with E-state index in [0.717, 1.165) is 32.6 Å². The molecule has 0 aromatic heterocycles. The Morgan fingerprint density at radius 1 is 1.69 bits per heavy atom. The molecule has 4 heteroatoms. The summed E-state index contributed by atoms with van der Waals surface area (Å²) in [4.78, 5) is 12.6. The first-order valence-electron chi connectivity index (χ1n) is 4.86. The molecule has 0 amide bonds. The van der Waals surface area contributed by atoms with Crippen molar-refractivity contribution >= 4 is 5.97 Å². The zero-order valence-corrected chi connectivity index (χ0v) is 8.12. The number of aliphatic carboxylic acids is 1. The molecule has 1 rings (SSSR count). The second-order valence-corrected chi connectivity index (χ2v) is 3.59. The highest BCUT2D eigenvalue weighted by atomic mass is 16.4. The molecule has 0 unspecified atom stereocenters. The third-order valence-electron chi connectivity index (χ3n) is 2.47. The highest BCUT2D eigenvalue weighted by Gasteiger charge is 2.16. The molecule has 1 saturated heterocycles. The van der Waals surface area contributed by atoms with E-state index in [9.17, 15) is 4.79 Å². The van der Waals surface area contributed by atoms with Crippen molar-refractivity contribution in [3.8, 4) is 0 Å². The van der Waals surface area contributed by atoms with Crippen LogP contribution in [0.1, 0.15) is 19.8 Å². The largest absolute Gasteiger partial charge is 0.481 e. The van der Waals surface area contributed by atoms with Crippen LogP contribution in [0, 0.1) is 0 Å². The third kappa shape index (κ3) is 3.74. The average molecular weight is 186 g/mol. The number of hydrogen-bond donors (Lipinski definition) is 2. The van der Waals surface area contributed by atoms with Gasteiger partial charge in [0.15, 0.2) is 0 Å². The van der Waals surface area contributed by atoms with Gasteiger partial charge in [-0.1, -0.05) is 0 Å². The van der Waals surface area contributed by atoms with E-state index < -0.39 is 5.97 Å². The average Bonchev–Trinajstić information content (AvgIpc) is 2.08. The summed E-state index contributed by atoms with van der Waals surface area (Å²) in [6.07, 6.45) is 1.05. The number of piperazine rings is 1. The molecule has 1 aliphatic rings. The fourth-order valence-electron chi connectivity index (χ4n) is 1.65. The Morgan fingerprint density at radius 3 is 3.08 bits per heavy atom. The maximum absolute atomic E-state index is 10.3. The standard InChI is InChI=1S/C9H18N2O2/c1-8-7-10-4-6-11(8)5-2-3-9(12)13/h8,10H,2-7H2,1H3,(H,12,13)/t8-/m0/s1. The van der Waals surface area contributed by atoms with E-state index in [0.29, 0.717) is 6.04 Å². The van der Waals surface area contributed by atoms with Gasteiger partial charge in [-0.3, -0.25) is 9.69 Å². The molecule has 4 nitrogen and oxygen atoms in total. The second-order valence-electron chi connectivity index (χ2n) is 3.59. The first-order valence-corrected chi connectivity index (χ1v) is 4.86. The number of nitrogens with one attached hydrogen (secondary N) is 1. The minimum Gasteiger partial charge on any atom is -0.481 e. The Balaban J connectivity index is 2.15. The van der Waals surface area contributed by atoms with Crippen LogP contribution in [0.15, 0.2) is 0 Å². The van der Waals surface area contributed by atoms with Gasteiger partial charge in [-0.15, -0.1) is 0 Å². The van der Waals surface area contributed by atoms with E-state index >= 15 is 0 Å². The maximum Gasteiger partial charge on any atom is 0.303 e. The summed E-state index contributed by atoms with van der Waals surface area (Å²) in [5.41, 5.74) is 0. The Labute approximate surface area is 78.9 Å². The van der Waals surface area contributed by atoms with Crippen LogP contribution in [0.3, 0.4) is 0 Å². The number of hydrogen-bond acceptors (Lipinski definition) is 3. The minimum absolute atomic E-state index is 0.288. The topological polar surface area (TPSA) is 52.6 Å². The SMILES string of the molecule is C[C@H]1CNCCN1CCCC(=O)O. The fraction of sp³-hybridized carbons (Fsp3) is 0.889. The molecule has 0 spiro atoms. The van der Waals surface area contributed by atoms with Crippen molar-refractivity contribution in [2.75, 3.05) is 26.2 Å². The van der Waals surface area contributed by atoms with Gasteiger partial charge in [0.05, 0.1) is 0 Å². The number of rotatable bonds is 4. The number of nitrogens with zero attached hydrogens (tertiary/aromatic N) is 1. The van der Waals surface area contributed by atoms with Crippen molar-refractivity contribution < 1.29 is 9.90 Å². The normalized spacial score (nSPS) is 24.5. The highest BCUT2D eigenvalue weighted by Crippen LogP contribution is 2.04. The molecular weight excluding hydrogens is 168 g/mol. The van der Waals surface area contributed by atoms with Crippen LogP contribution in [-0.2, 0) is 4.79 Å². The first-order chi connectivity index (χ1) is 6.20. The molecule has 0 bridgehead atoms. The van der Waals surface area contributed by atoms with Crippen LogP contribution < -0.4 is 5.32 Å². The molecule has 1 heterocycles. The Kier molecular flexibility index (Phi) is 4.18. The number of carbonyl (C=O) groups is 1. The lowest BCUT2D eigenvalue weighted by molar-refractivity contribution is -0.137. The lowest BCUT2D eigenvalue weighted by atomic mass is 10.2. The van der Waals surface area contributed by atoms with Crippen LogP contribution in [0.2, 0.25) is 0 Å². The van der Waals surface area contributed by atoms with E-state index in [4.69, 9.17) is 5.11 Å². The van der Waals surface area contributed by atoms with Crippen molar-refractivity contribution in [1.82, 2.24) is 10.2 Å². The molecule has 2 N–H and O–H groups in total. The van der Waals surface area contributed by atoms with Crippen LogP contribution in [-0.4, -0.2) is 48.2 Å². The molecule has 0 aromatic carbocycles. The molecule has 13 heavy (non-hydrogen) atoms. The van der Waals surface area contributed by atoms with Gasteiger partial charge < -0.3 is 10.4 Å². The lowest BCUT2D eigenvalue weighted by Gasteiger charge is -2.33. The van der Waals surface area contributed by atoms with E-state index in [1.807, 2.05) is 0 Å². The minimum atomic E-state index is -0.692. The predicted molar refractivity (Wildman–Crippen MR) is 50.8 cm³/mol. The zero-order chi connectivity index (χ0) is 9.68. The number of carboxylic acids is 1. The molecule has 1 atom stereocenters. The summed E-state index contributed by atoms with van der Waals surface area (Å²) in [6.45, 7) is 6.17. The third-order valence-corrected chi connectivity index (χ3v) is 2.47. The molecule has 1 aliphatic heterocycles. The van der Waals surface area contributed by atoms with E-state index in [-0.39, 0.29) is 6.42 Å². The van der Waals surface area contributed by atoms with Crippen LogP contribution in [0.5, 0.6) is 0 Å². The van der Waals surface area contributed by atoms with Gasteiger partial charge in [-0.2, -0.15) is 0 Å². The van der Waals surface area contributed by atoms with Gasteiger partial charge in [0, 0.05) is 32.1 Å². The van der Waals surface area contributed by atoms with E-state index in [1.165, 1.54) is 0 Å². The van der Waals surface area contributed by atoms with Crippen molar-refractivity contribution in [3.63, 3.8) is 0 Å². The summed E-state index contributed by atoms with van der Waals surface area (Å²) < 4.78 is 0. The monoisotopic (exact) mass is 186 g/mol. The van der Waals surface area contributed by atoms with Gasteiger partial charge >= 0.3 is 5.97 Å². The molecule has 0 aliphatic carbocycles. The Hall–Kier alpha value is -0.610. The van der Waals surface area contributed by atoms with Crippen LogP contribution >= 0.6 is 0 Å². The molecule has 0 radical (unpaired) electrons. The molecule has 76 valence electrons. The molecule has 0 aromatic rings. The van der Waals surface area contributed by atoms with Gasteiger partial charge in [-0.05, 0) is 19.9 Å². The predicted octanol–water partition coefficient (Wildman–Crippen LogP) is 0.145. The van der Waals surface area contributed by atoms with Crippen LogP contribution in [0.25, 0.3) is 0 Å². The summed E-state index contributed by atoms with van der Waals surface area (Å²) in [7, 11) is 0.